The Labute approximate surface area is 207 Å². The Bertz CT molecular complexity index is 1560. The molecule has 6 aromatic carbocycles. The highest BCUT2D eigenvalue weighted by Crippen LogP contribution is 2.30. The zero-order chi connectivity index (χ0) is 23.8. The summed E-state index contributed by atoms with van der Waals surface area (Å²) >= 11 is 0. The van der Waals surface area contributed by atoms with E-state index in [9.17, 15) is 0 Å². The van der Waals surface area contributed by atoms with Gasteiger partial charge in [-0.2, -0.15) is 0 Å². The van der Waals surface area contributed by atoms with Gasteiger partial charge in [0.2, 0.25) is 0 Å². The Balaban J connectivity index is 1.80. The van der Waals surface area contributed by atoms with Crippen molar-refractivity contribution in [1.82, 2.24) is 0 Å². The number of rotatable bonds is 6. The molecule has 0 aromatic heterocycles. The average Bonchev–Trinajstić information content (AvgIpc) is 2.92. The maximum Gasteiger partial charge on any atom is 0.408 e. The van der Waals surface area contributed by atoms with Crippen molar-refractivity contribution in [2.24, 2.45) is 0 Å². The molecule has 0 spiro atoms. The van der Waals surface area contributed by atoms with Crippen LogP contribution in [0.2, 0.25) is 0 Å². The van der Waals surface area contributed by atoms with E-state index in [2.05, 4.69) is 123 Å². The SMILES string of the molecule is CCO[Si](OCC)(c1cc2ccccc2c2ccccc12)c1cc2ccccc2c2ccccc12. The molecule has 3 heteroatoms. The van der Waals surface area contributed by atoms with Gasteiger partial charge in [-0.3, -0.25) is 0 Å². The normalized spacial score (nSPS) is 12.2. The van der Waals surface area contributed by atoms with Gasteiger partial charge in [0, 0.05) is 23.6 Å². The first kappa shape index (κ1) is 22.0. The van der Waals surface area contributed by atoms with Crippen LogP contribution in [0.25, 0.3) is 43.1 Å². The molecule has 0 N–H and O–H groups in total. The summed E-state index contributed by atoms with van der Waals surface area (Å²) in [6.45, 7) is 5.31. The average molecular weight is 473 g/mol. The van der Waals surface area contributed by atoms with Crippen molar-refractivity contribution in [3.05, 3.63) is 109 Å². The minimum absolute atomic E-state index is 0.578. The number of fused-ring (bicyclic) bond motifs is 6. The van der Waals surface area contributed by atoms with Gasteiger partial charge in [-0.1, -0.05) is 97.1 Å². The van der Waals surface area contributed by atoms with Crippen LogP contribution in [0.1, 0.15) is 13.8 Å². The van der Waals surface area contributed by atoms with Gasteiger partial charge >= 0.3 is 8.56 Å². The molecular weight excluding hydrogens is 444 g/mol. The highest BCUT2D eigenvalue weighted by atomic mass is 28.4. The zero-order valence-corrected chi connectivity index (χ0v) is 21.1. The van der Waals surface area contributed by atoms with E-state index in [-0.39, 0.29) is 0 Å². The summed E-state index contributed by atoms with van der Waals surface area (Å²) in [6, 6.07) is 39.2. The maximum atomic E-state index is 6.87. The van der Waals surface area contributed by atoms with Crippen LogP contribution in [-0.2, 0) is 8.85 Å². The fourth-order valence-electron chi connectivity index (χ4n) is 5.56. The molecule has 0 bridgehead atoms. The van der Waals surface area contributed by atoms with Gasteiger partial charge in [-0.05, 0) is 69.1 Å². The van der Waals surface area contributed by atoms with Gasteiger partial charge in [-0.15, -0.1) is 0 Å². The van der Waals surface area contributed by atoms with Crippen LogP contribution in [0, 0.1) is 0 Å². The summed E-state index contributed by atoms with van der Waals surface area (Å²) < 4.78 is 13.7. The third-order valence-corrected chi connectivity index (χ3v) is 10.6. The summed E-state index contributed by atoms with van der Waals surface area (Å²) in [5.41, 5.74) is 0. The van der Waals surface area contributed by atoms with Crippen molar-refractivity contribution < 1.29 is 8.85 Å². The van der Waals surface area contributed by atoms with Crippen molar-refractivity contribution in [3.8, 4) is 0 Å². The minimum Gasteiger partial charge on any atom is -0.388 e. The van der Waals surface area contributed by atoms with Crippen LogP contribution >= 0.6 is 0 Å². The molecule has 0 unspecified atom stereocenters. The molecule has 0 aliphatic rings. The van der Waals surface area contributed by atoms with Crippen LogP contribution in [0.5, 0.6) is 0 Å². The minimum atomic E-state index is -3.11. The lowest BCUT2D eigenvalue weighted by molar-refractivity contribution is 0.209. The smallest absolute Gasteiger partial charge is 0.388 e. The lowest BCUT2D eigenvalue weighted by Gasteiger charge is -2.33. The first-order valence-electron chi connectivity index (χ1n) is 12.4. The Kier molecular flexibility index (Phi) is 5.61. The van der Waals surface area contributed by atoms with Gasteiger partial charge in [-0.25, -0.2) is 0 Å². The third-order valence-electron chi connectivity index (χ3n) is 6.94. The molecule has 0 amide bonds. The van der Waals surface area contributed by atoms with E-state index in [0.717, 1.165) is 0 Å². The lowest BCUT2D eigenvalue weighted by atomic mass is 10.0. The van der Waals surface area contributed by atoms with Crippen LogP contribution in [0.3, 0.4) is 0 Å². The van der Waals surface area contributed by atoms with Crippen molar-refractivity contribution in [2.45, 2.75) is 13.8 Å². The van der Waals surface area contributed by atoms with Crippen LogP contribution in [0.4, 0.5) is 0 Å². The van der Waals surface area contributed by atoms with Gasteiger partial charge in [0.05, 0.1) is 0 Å². The Morgan fingerprint density at radius 1 is 0.457 bits per heavy atom. The van der Waals surface area contributed by atoms with Crippen molar-refractivity contribution in [1.29, 1.82) is 0 Å². The van der Waals surface area contributed by atoms with E-state index in [4.69, 9.17) is 8.85 Å². The largest absolute Gasteiger partial charge is 0.408 e. The molecule has 0 aliphatic carbocycles. The number of hydrogen-bond acceptors (Lipinski definition) is 2. The van der Waals surface area contributed by atoms with Crippen LogP contribution in [-0.4, -0.2) is 21.8 Å². The highest BCUT2D eigenvalue weighted by Gasteiger charge is 2.45. The molecule has 0 saturated carbocycles. The van der Waals surface area contributed by atoms with E-state index in [0.29, 0.717) is 13.2 Å². The van der Waals surface area contributed by atoms with Gasteiger partial charge in [0.1, 0.15) is 0 Å². The Morgan fingerprint density at radius 3 is 1.20 bits per heavy atom. The molecule has 35 heavy (non-hydrogen) atoms. The molecule has 0 heterocycles. The Morgan fingerprint density at radius 2 is 0.800 bits per heavy atom. The van der Waals surface area contributed by atoms with E-state index >= 15 is 0 Å². The lowest BCUT2D eigenvalue weighted by Crippen LogP contribution is -2.64. The predicted octanol–water partition coefficient (Wildman–Crippen LogP) is 6.93. The number of benzene rings is 6. The van der Waals surface area contributed by atoms with Gasteiger partial charge < -0.3 is 8.85 Å². The topological polar surface area (TPSA) is 18.5 Å². The molecule has 6 aromatic rings. The summed E-state index contributed by atoms with van der Waals surface area (Å²) in [4.78, 5) is 0. The molecule has 0 radical (unpaired) electrons. The van der Waals surface area contributed by atoms with Gasteiger partial charge in [0.15, 0.2) is 0 Å². The van der Waals surface area contributed by atoms with Crippen molar-refractivity contribution in [2.75, 3.05) is 13.2 Å². The first-order chi connectivity index (χ1) is 17.3. The maximum absolute atomic E-state index is 6.87. The molecule has 6 rings (SSSR count). The summed E-state index contributed by atoms with van der Waals surface area (Å²) in [7, 11) is -3.11. The van der Waals surface area contributed by atoms with Gasteiger partial charge in [0.25, 0.3) is 0 Å². The number of hydrogen-bond donors (Lipinski definition) is 0. The van der Waals surface area contributed by atoms with Crippen molar-refractivity contribution >= 4 is 62.0 Å². The van der Waals surface area contributed by atoms with E-state index in [1.54, 1.807) is 0 Å². The molecule has 0 saturated heterocycles. The van der Waals surface area contributed by atoms with Crippen LogP contribution in [0.15, 0.2) is 109 Å². The highest BCUT2D eigenvalue weighted by molar-refractivity contribution is 6.96. The standard InChI is InChI=1S/C32H28O2Si/c1-3-33-35(34-4-2,31-21-23-13-5-7-15-25(23)27-17-9-11-19-29(27)31)32-22-24-14-6-8-16-26(24)28-18-10-12-20-30(28)32/h5-22H,3-4H2,1-2H3. The Hall–Kier alpha value is -3.50. The molecule has 0 fully saturated rings. The quantitative estimate of drug-likeness (QED) is 0.193. The van der Waals surface area contributed by atoms with E-state index in [1.807, 2.05) is 0 Å². The second kappa shape index (κ2) is 8.93. The van der Waals surface area contributed by atoms with E-state index < -0.39 is 8.56 Å². The van der Waals surface area contributed by atoms with Crippen molar-refractivity contribution in [3.63, 3.8) is 0 Å². The second-order valence-corrected chi connectivity index (χ2v) is 11.8. The van der Waals surface area contributed by atoms with E-state index in [1.165, 1.54) is 53.5 Å². The fourth-order valence-corrected chi connectivity index (χ4v) is 9.20. The summed E-state index contributed by atoms with van der Waals surface area (Å²) in [5.74, 6) is 0. The molecular formula is C32H28O2Si. The fraction of sp³-hybridized carbons (Fsp3) is 0.125. The molecule has 0 atom stereocenters. The van der Waals surface area contributed by atoms with Crippen LogP contribution < -0.4 is 10.4 Å². The molecule has 0 aliphatic heterocycles. The monoisotopic (exact) mass is 472 g/mol. The predicted molar refractivity (Wildman–Crippen MR) is 151 cm³/mol. The summed E-state index contributed by atoms with van der Waals surface area (Å²) in [5, 5.41) is 12.2. The molecule has 2 nitrogen and oxygen atoms in total. The first-order valence-corrected chi connectivity index (χ1v) is 14.2. The second-order valence-electron chi connectivity index (χ2n) is 8.86. The summed E-state index contributed by atoms with van der Waals surface area (Å²) in [6.07, 6.45) is 0. The third kappa shape index (κ3) is 3.47. The molecule has 172 valence electrons. The zero-order valence-electron chi connectivity index (χ0n) is 20.1.